The smallest absolute Gasteiger partial charge is 0.271 e. The van der Waals surface area contributed by atoms with Gasteiger partial charge in [-0.15, -0.1) is 0 Å². The van der Waals surface area contributed by atoms with Crippen LogP contribution in [0.1, 0.15) is 52.0 Å². The minimum absolute atomic E-state index is 0.0450. The molecule has 0 saturated carbocycles. The first-order chi connectivity index (χ1) is 16.6. The molecule has 1 aliphatic heterocycles. The van der Waals surface area contributed by atoms with Gasteiger partial charge in [-0.25, -0.2) is 4.98 Å². The molecule has 0 unspecified atom stereocenters. The van der Waals surface area contributed by atoms with E-state index >= 15 is 0 Å². The van der Waals surface area contributed by atoms with Crippen LogP contribution in [0.4, 0.5) is 0 Å². The molecule has 3 heterocycles. The van der Waals surface area contributed by atoms with Gasteiger partial charge in [0.15, 0.2) is 5.89 Å². The number of H-pyrrole nitrogens is 1. The molecule has 7 nitrogen and oxygen atoms in total. The fourth-order valence-electron chi connectivity index (χ4n) is 4.47. The molecular weight excluding hydrogens is 428 g/mol. The average Bonchev–Trinajstić information content (AvgIpc) is 3.55. The van der Waals surface area contributed by atoms with E-state index < -0.39 is 0 Å². The quantitative estimate of drug-likeness (QED) is 0.442. The first kappa shape index (κ1) is 21.9. The molecule has 34 heavy (non-hydrogen) atoms. The molecule has 1 saturated heterocycles. The number of carbonyl (C=O) groups is 1. The third-order valence-electron chi connectivity index (χ3n) is 6.34. The molecule has 2 aromatic carbocycles. The second-order valence-corrected chi connectivity index (χ2v) is 8.78. The SMILES string of the molecule is COc1ccccc1Cc1cnc([C@@H]2CCCN(C(=O)c3cc(-c4ccc(C)cc4)n[nH]3)C2)o1. The number of carbonyl (C=O) groups excluding carboxylic acids is 1. The lowest BCUT2D eigenvalue weighted by molar-refractivity contribution is 0.0692. The van der Waals surface area contributed by atoms with Crippen molar-refractivity contribution in [2.75, 3.05) is 20.2 Å². The van der Waals surface area contributed by atoms with Gasteiger partial charge in [0.1, 0.15) is 17.2 Å². The van der Waals surface area contributed by atoms with Crippen LogP contribution >= 0.6 is 0 Å². The highest BCUT2D eigenvalue weighted by molar-refractivity contribution is 5.93. The van der Waals surface area contributed by atoms with Gasteiger partial charge in [-0.1, -0.05) is 48.0 Å². The number of benzene rings is 2. The van der Waals surface area contributed by atoms with E-state index in [0.717, 1.165) is 41.2 Å². The van der Waals surface area contributed by atoms with E-state index in [1.165, 1.54) is 5.56 Å². The van der Waals surface area contributed by atoms with Crippen molar-refractivity contribution >= 4 is 5.91 Å². The topological polar surface area (TPSA) is 84.2 Å². The van der Waals surface area contributed by atoms with Gasteiger partial charge in [0.05, 0.1) is 24.9 Å². The van der Waals surface area contributed by atoms with Gasteiger partial charge in [0.2, 0.25) is 0 Å². The number of aryl methyl sites for hydroxylation is 1. The maximum atomic E-state index is 13.2. The Morgan fingerprint density at radius 1 is 1.21 bits per heavy atom. The molecule has 1 amide bonds. The summed E-state index contributed by atoms with van der Waals surface area (Å²) in [6, 6.07) is 17.8. The Hall–Kier alpha value is -3.87. The zero-order valence-corrected chi connectivity index (χ0v) is 19.5. The van der Waals surface area contributed by atoms with E-state index in [-0.39, 0.29) is 11.8 Å². The molecule has 4 aromatic rings. The lowest BCUT2D eigenvalue weighted by Crippen LogP contribution is -2.39. The zero-order valence-electron chi connectivity index (χ0n) is 19.5. The molecule has 5 rings (SSSR count). The minimum Gasteiger partial charge on any atom is -0.496 e. The highest BCUT2D eigenvalue weighted by atomic mass is 16.5. The largest absolute Gasteiger partial charge is 0.496 e. The number of para-hydroxylation sites is 1. The van der Waals surface area contributed by atoms with Gasteiger partial charge >= 0.3 is 0 Å². The number of hydrogen-bond acceptors (Lipinski definition) is 5. The van der Waals surface area contributed by atoms with Crippen LogP contribution in [0.2, 0.25) is 0 Å². The summed E-state index contributed by atoms with van der Waals surface area (Å²) in [5.41, 5.74) is 4.50. The first-order valence-corrected chi connectivity index (χ1v) is 11.6. The Labute approximate surface area is 198 Å². The summed E-state index contributed by atoms with van der Waals surface area (Å²) in [7, 11) is 1.67. The van der Waals surface area contributed by atoms with Crippen molar-refractivity contribution in [3.63, 3.8) is 0 Å². The highest BCUT2D eigenvalue weighted by Crippen LogP contribution is 2.29. The van der Waals surface area contributed by atoms with Crippen LogP contribution in [-0.4, -0.2) is 46.2 Å². The molecule has 174 valence electrons. The Morgan fingerprint density at radius 3 is 2.85 bits per heavy atom. The van der Waals surface area contributed by atoms with E-state index in [4.69, 9.17) is 9.15 Å². The van der Waals surface area contributed by atoms with Crippen molar-refractivity contribution < 1.29 is 13.9 Å². The number of nitrogens with one attached hydrogen (secondary N) is 1. The minimum atomic E-state index is -0.0450. The molecular formula is C27H28N4O3. The molecule has 0 spiro atoms. The molecule has 1 atom stereocenters. The third-order valence-corrected chi connectivity index (χ3v) is 6.34. The van der Waals surface area contributed by atoms with E-state index in [9.17, 15) is 4.79 Å². The van der Waals surface area contributed by atoms with Crippen molar-refractivity contribution in [3.05, 3.63) is 89.3 Å². The normalized spacial score (nSPS) is 15.9. The van der Waals surface area contributed by atoms with E-state index in [0.29, 0.717) is 31.1 Å². The second-order valence-electron chi connectivity index (χ2n) is 8.78. The highest BCUT2D eigenvalue weighted by Gasteiger charge is 2.29. The van der Waals surface area contributed by atoms with Crippen LogP contribution in [0.15, 0.2) is 65.2 Å². The number of piperidine rings is 1. The fraction of sp³-hybridized carbons (Fsp3) is 0.296. The number of hydrogen-bond donors (Lipinski definition) is 1. The molecule has 0 aliphatic carbocycles. The molecule has 2 aromatic heterocycles. The van der Waals surface area contributed by atoms with Gasteiger partial charge in [0, 0.05) is 30.6 Å². The Kier molecular flexibility index (Phi) is 6.16. The third kappa shape index (κ3) is 4.59. The van der Waals surface area contributed by atoms with Crippen LogP contribution in [0.25, 0.3) is 11.3 Å². The van der Waals surface area contributed by atoms with Gasteiger partial charge in [-0.3, -0.25) is 9.89 Å². The summed E-state index contributed by atoms with van der Waals surface area (Å²) < 4.78 is 11.6. The maximum Gasteiger partial charge on any atom is 0.271 e. The number of methoxy groups -OCH3 is 1. The fourth-order valence-corrected chi connectivity index (χ4v) is 4.47. The van der Waals surface area contributed by atoms with Crippen LogP contribution in [0.5, 0.6) is 5.75 Å². The molecule has 1 fully saturated rings. The van der Waals surface area contributed by atoms with E-state index in [1.807, 2.05) is 66.4 Å². The average molecular weight is 457 g/mol. The maximum absolute atomic E-state index is 13.2. The van der Waals surface area contributed by atoms with Gasteiger partial charge in [-0.05, 0) is 31.9 Å². The summed E-state index contributed by atoms with van der Waals surface area (Å²) in [4.78, 5) is 19.6. The first-order valence-electron chi connectivity index (χ1n) is 11.6. The number of ether oxygens (including phenoxy) is 1. The lowest BCUT2D eigenvalue weighted by atomic mass is 9.97. The summed E-state index contributed by atoms with van der Waals surface area (Å²) >= 11 is 0. The van der Waals surface area contributed by atoms with Gasteiger partial charge in [0.25, 0.3) is 5.91 Å². The molecule has 0 radical (unpaired) electrons. The second kappa shape index (κ2) is 9.55. The number of rotatable bonds is 6. The number of oxazole rings is 1. The molecule has 1 N–H and O–H groups in total. The van der Waals surface area contributed by atoms with Crippen molar-refractivity contribution in [2.45, 2.75) is 32.1 Å². The predicted octanol–water partition coefficient (Wildman–Crippen LogP) is 4.99. The number of aromatic nitrogens is 3. The number of nitrogens with zero attached hydrogens (tertiary/aromatic N) is 3. The predicted molar refractivity (Wildman–Crippen MR) is 129 cm³/mol. The van der Waals surface area contributed by atoms with E-state index in [2.05, 4.69) is 15.2 Å². The number of aromatic amines is 1. The molecule has 0 bridgehead atoms. The van der Waals surface area contributed by atoms with Crippen molar-refractivity contribution in [1.82, 2.24) is 20.1 Å². The van der Waals surface area contributed by atoms with Crippen LogP contribution in [0, 0.1) is 6.92 Å². The zero-order chi connectivity index (χ0) is 23.5. The van der Waals surface area contributed by atoms with Crippen LogP contribution in [-0.2, 0) is 6.42 Å². The summed E-state index contributed by atoms with van der Waals surface area (Å²) in [6.45, 7) is 3.33. The Balaban J connectivity index is 1.26. The monoisotopic (exact) mass is 456 g/mol. The van der Waals surface area contributed by atoms with Gasteiger partial charge < -0.3 is 14.1 Å². The number of amides is 1. The van der Waals surface area contributed by atoms with Crippen molar-refractivity contribution in [2.24, 2.45) is 0 Å². The molecule has 7 heteroatoms. The van der Waals surface area contributed by atoms with Crippen molar-refractivity contribution in [3.8, 4) is 17.0 Å². The van der Waals surface area contributed by atoms with Crippen LogP contribution < -0.4 is 4.74 Å². The molecule has 1 aliphatic rings. The lowest BCUT2D eigenvalue weighted by Gasteiger charge is -2.30. The van der Waals surface area contributed by atoms with Gasteiger partial charge in [-0.2, -0.15) is 5.10 Å². The summed E-state index contributed by atoms with van der Waals surface area (Å²) in [5, 5.41) is 7.27. The van der Waals surface area contributed by atoms with Crippen LogP contribution in [0.3, 0.4) is 0 Å². The standard InChI is InChI=1S/C27H28N4O3/c1-18-9-11-19(12-10-18)23-15-24(30-29-23)27(32)31-13-5-7-21(17-31)26-28-16-22(34-26)14-20-6-3-4-8-25(20)33-2/h3-4,6,8-12,15-16,21H,5,7,13-14,17H2,1-2H3,(H,29,30)/t21-/m1/s1. The van der Waals surface area contributed by atoms with Crippen molar-refractivity contribution in [1.29, 1.82) is 0 Å². The summed E-state index contributed by atoms with van der Waals surface area (Å²) in [5.74, 6) is 2.34. The van der Waals surface area contributed by atoms with E-state index in [1.54, 1.807) is 13.3 Å². The summed E-state index contributed by atoms with van der Waals surface area (Å²) in [6.07, 6.45) is 4.24. The number of likely N-dealkylation sites (tertiary alicyclic amines) is 1. The Bertz CT molecular complexity index is 1280. The Morgan fingerprint density at radius 2 is 2.03 bits per heavy atom.